The summed E-state index contributed by atoms with van der Waals surface area (Å²) in [6.07, 6.45) is 2.16. The van der Waals surface area contributed by atoms with E-state index >= 15 is 0 Å². The average Bonchev–Trinajstić information content (AvgIpc) is 2.59. The number of hydrogen-bond acceptors (Lipinski definition) is 3. The largest absolute Gasteiger partial charge is 0.311 e. The summed E-state index contributed by atoms with van der Waals surface area (Å²) in [6.45, 7) is 9.41. The summed E-state index contributed by atoms with van der Waals surface area (Å²) in [5.41, 5.74) is 2.40. The highest BCUT2D eigenvalue weighted by atomic mass is 32.2. The molecule has 1 heterocycles. The van der Waals surface area contributed by atoms with Crippen LogP contribution in [0, 0.1) is 12.8 Å². The van der Waals surface area contributed by atoms with E-state index in [0.717, 1.165) is 31.2 Å². The van der Waals surface area contributed by atoms with Crippen LogP contribution in [-0.4, -0.2) is 28.3 Å². The molecule has 0 aliphatic carbocycles. The summed E-state index contributed by atoms with van der Waals surface area (Å²) in [7, 11) is 0. The van der Waals surface area contributed by atoms with Gasteiger partial charge in [0.05, 0.1) is 11.4 Å². The number of aryl methyl sites for hydroxylation is 2. The maximum absolute atomic E-state index is 4.44. The maximum atomic E-state index is 4.44. The van der Waals surface area contributed by atoms with Gasteiger partial charge in [0.1, 0.15) is 0 Å². The lowest BCUT2D eigenvalue weighted by atomic mass is 10.2. The van der Waals surface area contributed by atoms with Gasteiger partial charge < -0.3 is 5.32 Å². The van der Waals surface area contributed by atoms with Crippen LogP contribution in [-0.2, 0) is 13.1 Å². The molecule has 1 aromatic heterocycles. The third-order valence-corrected chi connectivity index (χ3v) is 3.44. The molecule has 0 radical (unpaired) electrons. The average molecular weight is 241 g/mol. The Morgan fingerprint density at radius 2 is 2.31 bits per heavy atom. The van der Waals surface area contributed by atoms with E-state index in [-0.39, 0.29) is 0 Å². The van der Waals surface area contributed by atoms with Crippen LogP contribution in [0.5, 0.6) is 0 Å². The van der Waals surface area contributed by atoms with Crippen molar-refractivity contribution in [3.05, 3.63) is 17.5 Å². The summed E-state index contributed by atoms with van der Waals surface area (Å²) >= 11 is 1.91. The molecule has 0 saturated heterocycles. The van der Waals surface area contributed by atoms with Crippen LogP contribution in [0.3, 0.4) is 0 Å². The van der Waals surface area contributed by atoms with Gasteiger partial charge in [-0.1, -0.05) is 6.92 Å². The van der Waals surface area contributed by atoms with Crippen LogP contribution in [0.25, 0.3) is 0 Å². The van der Waals surface area contributed by atoms with Gasteiger partial charge in [0.25, 0.3) is 0 Å². The van der Waals surface area contributed by atoms with Gasteiger partial charge >= 0.3 is 0 Å². The number of hydrogen-bond donors (Lipinski definition) is 1. The van der Waals surface area contributed by atoms with Crippen molar-refractivity contribution in [2.75, 3.05) is 18.6 Å². The van der Waals surface area contributed by atoms with Crippen LogP contribution in [0.15, 0.2) is 6.07 Å². The van der Waals surface area contributed by atoms with Crippen LogP contribution >= 0.6 is 11.8 Å². The summed E-state index contributed by atoms with van der Waals surface area (Å²) in [5.74, 6) is 1.95. The molecule has 0 fully saturated rings. The highest BCUT2D eigenvalue weighted by molar-refractivity contribution is 7.98. The first-order valence-electron chi connectivity index (χ1n) is 5.90. The Hall–Kier alpha value is -0.480. The molecule has 1 unspecified atom stereocenters. The molecule has 0 saturated carbocycles. The highest BCUT2D eigenvalue weighted by Gasteiger charge is 2.05. The van der Waals surface area contributed by atoms with Gasteiger partial charge in [-0.25, -0.2) is 0 Å². The summed E-state index contributed by atoms with van der Waals surface area (Å²) in [6, 6.07) is 2.16. The Balaban J connectivity index is 2.36. The molecule has 0 bridgehead atoms. The minimum atomic E-state index is 0.731. The molecule has 1 atom stereocenters. The van der Waals surface area contributed by atoms with E-state index in [2.05, 4.69) is 41.3 Å². The number of aromatic nitrogens is 2. The minimum absolute atomic E-state index is 0.731. The number of rotatable bonds is 7. The van der Waals surface area contributed by atoms with E-state index in [9.17, 15) is 0 Å². The van der Waals surface area contributed by atoms with Crippen LogP contribution in [0.1, 0.15) is 25.2 Å². The molecule has 4 heteroatoms. The smallest absolute Gasteiger partial charge is 0.0597 e. The second-order valence-corrected chi connectivity index (χ2v) is 5.19. The van der Waals surface area contributed by atoms with Gasteiger partial charge in [0.15, 0.2) is 0 Å². The number of nitrogens with one attached hydrogen (secondary N) is 1. The highest BCUT2D eigenvalue weighted by Crippen LogP contribution is 2.05. The molecule has 0 spiro atoms. The van der Waals surface area contributed by atoms with Gasteiger partial charge in [-0.3, -0.25) is 4.68 Å². The lowest BCUT2D eigenvalue weighted by molar-refractivity contribution is 0.529. The Labute approximate surface area is 103 Å². The minimum Gasteiger partial charge on any atom is -0.311 e. The fraction of sp³-hybridized carbons (Fsp3) is 0.750. The second kappa shape index (κ2) is 6.97. The first kappa shape index (κ1) is 13.6. The SMILES string of the molecule is CCn1nc(C)cc1CNCC(C)CSC. The molecule has 1 rings (SSSR count). The zero-order valence-electron chi connectivity index (χ0n) is 10.8. The quantitative estimate of drug-likeness (QED) is 0.794. The van der Waals surface area contributed by atoms with E-state index in [1.165, 1.54) is 11.4 Å². The summed E-state index contributed by atoms with van der Waals surface area (Å²) in [5, 5.41) is 7.94. The monoisotopic (exact) mass is 241 g/mol. The molecule has 0 aliphatic rings. The molecule has 16 heavy (non-hydrogen) atoms. The number of thioether (sulfide) groups is 1. The topological polar surface area (TPSA) is 29.9 Å². The number of nitrogens with zero attached hydrogens (tertiary/aromatic N) is 2. The lowest BCUT2D eigenvalue weighted by Crippen LogP contribution is -2.23. The van der Waals surface area contributed by atoms with E-state index < -0.39 is 0 Å². The molecule has 0 aromatic carbocycles. The van der Waals surface area contributed by atoms with Gasteiger partial charge in [-0.15, -0.1) is 0 Å². The first-order chi connectivity index (χ1) is 7.67. The molecular formula is C12H23N3S. The van der Waals surface area contributed by atoms with Crippen molar-refractivity contribution in [1.82, 2.24) is 15.1 Å². The zero-order chi connectivity index (χ0) is 12.0. The summed E-state index contributed by atoms with van der Waals surface area (Å²) < 4.78 is 2.07. The molecular weight excluding hydrogens is 218 g/mol. The van der Waals surface area contributed by atoms with Crippen LogP contribution in [0.2, 0.25) is 0 Å². The fourth-order valence-corrected chi connectivity index (χ4v) is 2.49. The normalized spacial score (nSPS) is 13.0. The van der Waals surface area contributed by atoms with Crippen molar-refractivity contribution in [2.45, 2.75) is 33.9 Å². The second-order valence-electron chi connectivity index (χ2n) is 4.28. The van der Waals surface area contributed by atoms with E-state index in [1.807, 2.05) is 18.7 Å². The fourth-order valence-electron chi connectivity index (χ4n) is 1.81. The Kier molecular flexibility index (Phi) is 5.91. The molecule has 3 nitrogen and oxygen atoms in total. The van der Waals surface area contributed by atoms with Gasteiger partial charge in [-0.2, -0.15) is 16.9 Å². The van der Waals surface area contributed by atoms with E-state index in [4.69, 9.17) is 0 Å². The van der Waals surface area contributed by atoms with Crippen molar-refractivity contribution < 1.29 is 0 Å². The van der Waals surface area contributed by atoms with Gasteiger partial charge in [0.2, 0.25) is 0 Å². The standard InChI is InChI=1S/C12H23N3S/c1-5-15-12(6-11(3)14-15)8-13-7-10(2)9-16-4/h6,10,13H,5,7-9H2,1-4H3. The molecule has 0 aliphatic heterocycles. The lowest BCUT2D eigenvalue weighted by Gasteiger charge is -2.11. The zero-order valence-corrected chi connectivity index (χ0v) is 11.6. The molecule has 92 valence electrons. The third-order valence-electron chi connectivity index (χ3n) is 2.54. The summed E-state index contributed by atoms with van der Waals surface area (Å²) in [4.78, 5) is 0. The molecule has 1 N–H and O–H groups in total. The first-order valence-corrected chi connectivity index (χ1v) is 7.29. The van der Waals surface area contributed by atoms with Gasteiger partial charge in [0, 0.05) is 13.1 Å². The Morgan fingerprint density at radius 3 is 2.94 bits per heavy atom. The predicted octanol–water partition coefficient (Wildman–Crippen LogP) is 2.30. The van der Waals surface area contributed by atoms with Crippen molar-refractivity contribution >= 4 is 11.8 Å². The van der Waals surface area contributed by atoms with Gasteiger partial charge in [-0.05, 0) is 44.4 Å². The van der Waals surface area contributed by atoms with Crippen molar-refractivity contribution in [3.8, 4) is 0 Å². The van der Waals surface area contributed by atoms with Crippen molar-refractivity contribution in [3.63, 3.8) is 0 Å². The predicted molar refractivity (Wildman–Crippen MR) is 71.9 cm³/mol. The molecule has 1 aromatic rings. The van der Waals surface area contributed by atoms with Crippen LogP contribution in [0.4, 0.5) is 0 Å². The molecule has 0 amide bonds. The van der Waals surface area contributed by atoms with Crippen molar-refractivity contribution in [1.29, 1.82) is 0 Å². The van der Waals surface area contributed by atoms with E-state index in [0.29, 0.717) is 0 Å². The van der Waals surface area contributed by atoms with Crippen molar-refractivity contribution in [2.24, 2.45) is 5.92 Å². The Morgan fingerprint density at radius 1 is 1.56 bits per heavy atom. The van der Waals surface area contributed by atoms with Crippen LogP contribution < -0.4 is 5.32 Å². The maximum Gasteiger partial charge on any atom is 0.0597 e. The van der Waals surface area contributed by atoms with E-state index in [1.54, 1.807) is 0 Å². The third kappa shape index (κ3) is 4.18. The Bertz CT molecular complexity index is 309.